The van der Waals surface area contributed by atoms with Crippen LogP contribution in [0.5, 0.6) is 0 Å². The molecule has 0 saturated carbocycles. The molecule has 0 spiro atoms. The predicted molar refractivity (Wildman–Crippen MR) is 64.6 cm³/mol. The normalized spacial score (nSPS) is 14.8. The number of halogens is 1. The van der Waals surface area contributed by atoms with Crippen molar-refractivity contribution in [3.63, 3.8) is 0 Å². The summed E-state index contributed by atoms with van der Waals surface area (Å²) < 4.78 is 0. The first-order valence-corrected chi connectivity index (χ1v) is 5.47. The van der Waals surface area contributed by atoms with Gasteiger partial charge in [0.1, 0.15) is 17.6 Å². The average molecular weight is 254 g/mol. The van der Waals surface area contributed by atoms with E-state index in [4.69, 9.17) is 17.3 Å². The maximum Gasteiger partial charge on any atom is 0.140 e. The zero-order chi connectivity index (χ0) is 12.4. The maximum absolute atomic E-state index is 9.81. The first-order valence-electron chi connectivity index (χ1n) is 5.10. The Morgan fingerprint density at radius 3 is 2.76 bits per heavy atom. The highest BCUT2D eigenvalue weighted by atomic mass is 35.5. The molecule has 2 unspecified atom stereocenters. The zero-order valence-electron chi connectivity index (χ0n) is 8.92. The number of aliphatic hydroxyl groups excluding tert-OH is 2. The minimum Gasteiger partial charge on any atom is -0.389 e. The molecule has 1 aromatic carbocycles. The second-order valence-corrected chi connectivity index (χ2v) is 4.05. The van der Waals surface area contributed by atoms with E-state index in [-0.39, 0.29) is 6.54 Å². The Balaban J connectivity index is 2.45. The fourth-order valence-electron chi connectivity index (χ4n) is 1.58. The van der Waals surface area contributed by atoms with Crippen molar-refractivity contribution in [2.45, 2.75) is 12.2 Å². The molecule has 0 aliphatic rings. The van der Waals surface area contributed by atoms with Gasteiger partial charge in [-0.15, -0.1) is 0 Å². The van der Waals surface area contributed by atoms with E-state index >= 15 is 0 Å². The van der Waals surface area contributed by atoms with Crippen LogP contribution in [0.3, 0.4) is 0 Å². The van der Waals surface area contributed by atoms with Crippen LogP contribution < -0.4 is 5.73 Å². The third-order valence-electron chi connectivity index (χ3n) is 2.56. The van der Waals surface area contributed by atoms with Gasteiger partial charge in [0.2, 0.25) is 0 Å². The lowest BCUT2D eigenvalue weighted by Gasteiger charge is -2.16. The number of benzene rings is 1. The lowest BCUT2D eigenvalue weighted by molar-refractivity contribution is 0.0244. The molecular weight excluding hydrogens is 242 g/mol. The molecule has 0 saturated heterocycles. The smallest absolute Gasteiger partial charge is 0.140 e. The van der Waals surface area contributed by atoms with Gasteiger partial charge in [-0.3, -0.25) is 0 Å². The molecule has 6 heteroatoms. The second-order valence-electron chi connectivity index (χ2n) is 3.69. The average Bonchev–Trinajstić information content (AvgIpc) is 2.37. The van der Waals surface area contributed by atoms with E-state index in [2.05, 4.69) is 9.97 Å². The highest BCUT2D eigenvalue weighted by Crippen LogP contribution is 2.24. The van der Waals surface area contributed by atoms with Crippen LogP contribution >= 0.6 is 11.6 Å². The minimum atomic E-state index is -1.03. The summed E-state index contributed by atoms with van der Waals surface area (Å²) in [4.78, 5) is 7.91. The highest BCUT2D eigenvalue weighted by molar-refractivity contribution is 6.34. The van der Waals surface area contributed by atoms with Crippen LogP contribution in [0.25, 0.3) is 10.9 Å². The number of aliphatic hydroxyl groups is 2. The van der Waals surface area contributed by atoms with Crippen LogP contribution in [0, 0.1) is 0 Å². The molecule has 2 aromatic rings. The fraction of sp³-hybridized carbons (Fsp3) is 0.273. The molecule has 0 bridgehead atoms. The summed E-state index contributed by atoms with van der Waals surface area (Å²) in [5, 5.41) is 20.3. The lowest BCUT2D eigenvalue weighted by atomic mass is 10.0. The monoisotopic (exact) mass is 253 g/mol. The van der Waals surface area contributed by atoms with Crippen molar-refractivity contribution in [3.05, 3.63) is 35.2 Å². The lowest BCUT2D eigenvalue weighted by Crippen LogP contribution is -2.27. The summed E-state index contributed by atoms with van der Waals surface area (Å²) in [5.41, 5.74) is 6.45. The standard InChI is InChI=1S/C11H12ClN3O2/c12-11-7-2-1-6(10(17)9(16)4-13)3-8(7)14-5-15-11/h1-3,5,9-10,16-17H,4,13H2. The number of fused-ring (bicyclic) bond motifs is 1. The van der Waals surface area contributed by atoms with Crippen LogP contribution in [-0.2, 0) is 0 Å². The van der Waals surface area contributed by atoms with Gasteiger partial charge in [0, 0.05) is 11.9 Å². The number of nitrogens with two attached hydrogens (primary N) is 1. The van der Waals surface area contributed by atoms with Crippen molar-refractivity contribution in [1.82, 2.24) is 9.97 Å². The first-order chi connectivity index (χ1) is 8.13. The van der Waals surface area contributed by atoms with Gasteiger partial charge in [-0.2, -0.15) is 0 Å². The third kappa shape index (κ3) is 2.37. The van der Waals surface area contributed by atoms with Crippen molar-refractivity contribution < 1.29 is 10.2 Å². The molecule has 4 N–H and O–H groups in total. The molecule has 90 valence electrons. The molecule has 0 radical (unpaired) electrons. The van der Waals surface area contributed by atoms with Crippen molar-refractivity contribution in [2.75, 3.05) is 6.54 Å². The van der Waals surface area contributed by atoms with E-state index < -0.39 is 12.2 Å². The van der Waals surface area contributed by atoms with Crippen LogP contribution in [0.15, 0.2) is 24.5 Å². The molecular formula is C11H12ClN3O2. The Labute approximate surface area is 103 Å². The van der Waals surface area contributed by atoms with Gasteiger partial charge in [-0.1, -0.05) is 17.7 Å². The molecule has 5 nitrogen and oxygen atoms in total. The van der Waals surface area contributed by atoms with Gasteiger partial charge in [-0.25, -0.2) is 9.97 Å². The maximum atomic E-state index is 9.81. The van der Waals surface area contributed by atoms with E-state index in [1.54, 1.807) is 18.2 Å². The van der Waals surface area contributed by atoms with Crippen molar-refractivity contribution in [3.8, 4) is 0 Å². The van der Waals surface area contributed by atoms with Crippen molar-refractivity contribution >= 4 is 22.5 Å². The third-order valence-corrected chi connectivity index (χ3v) is 2.86. The largest absolute Gasteiger partial charge is 0.389 e. The number of nitrogens with zero attached hydrogens (tertiary/aromatic N) is 2. The van der Waals surface area contributed by atoms with Gasteiger partial charge >= 0.3 is 0 Å². The summed E-state index contributed by atoms with van der Waals surface area (Å²) >= 11 is 5.90. The number of rotatable bonds is 3. The van der Waals surface area contributed by atoms with Gasteiger partial charge in [-0.05, 0) is 17.7 Å². The van der Waals surface area contributed by atoms with Crippen LogP contribution in [0.4, 0.5) is 0 Å². The van der Waals surface area contributed by atoms with E-state index in [1.807, 2.05) is 0 Å². The van der Waals surface area contributed by atoms with Crippen LogP contribution in [0.1, 0.15) is 11.7 Å². The second kappa shape index (κ2) is 4.93. The van der Waals surface area contributed by atoms with Gasteiger partial charge in [0.25, 0.3) is 0 Å². The Kier molecular flexibility index (Phi) is 3.54. The number of hydrogen-bond donors (Lipinski definition) is 3. The summed E-state index contributed by atoms with van der Waals surface area (Å²) in [6.45, 7) is -0.0102. The van der Waals surface area contributed by atoms with Gasteiger partial charge in [0.05, 0.1) is 11.6 Å². The Hall–Kier alpha value is -1.27. The zero-order valence-corrected chi connectivity index (χ0v) is 9.67. The molecule has 1 aromatic heterocycles. The predicted octanol–water partition coefficient (Wildman–Crippen LogP) is 0.636. The highest BCUT2D eigenvalue weighted by Gasteiger charge is 2.17. The Morgan fingerprint density at radius 2 is 2.06 bits per heavy atom. The molecule has 0 aliphatic carbocycles. The van der Waals surface area contributed by atoms with Crippen molar-refractivity contribution in [1.29, 1.82) is 0 Å². The molecule has 0 amide bonds. The van der Waals surface area contributed by atoms with E-state index in [9.17, 15) is 10.2 Å². The number of aromatic nitrogens is 2. The fourth-order valence-corrected chi connectivity index (χ4v) is 1.78. The number of hydrogen-bond acceptors (Lipinski definition) is 5. The summed E-state index contributed by atoms with van der Waals surface area (Å²) in [6, 6.07) is 5.03. The SMILES string of the molecule is NCC(O)C(O)c1ccc2c(Cl)ncnc2c1. The summed E-state index contributed by atoms with van der Waals surface area (Å²) in [7, 11) is 0. The molecule has 0 fully saturated rings. The van der Waals surface area contributed by atoms with Crippen molar-refractivity contribution in [2.24, 2.45) is 5.73 Å². The first kappa shape index (κ1) is 12.2. The quantitative estimate of drug-likeness (QED) is 0.698. The van der Waals surface area contributed by atoms with E-state index in [0.717, 1.165) is 0 Å². The summed E-state index contributed by atoms with van der Waals surface area (Å²) in [6.07, 6.45) is -0.678. The summed E-state index contributed by atoms with van der Waals surface area (Å²) in [5.74, 6) is 0. The van der Waals surface area contributed by atoms with Gasteiger partial charge in [0.15, 0.2) is 0 Å². The van der Waals surface area contributed by atoms with E-state index in [1.165, 1.54) is 6.33 Å². The molecule has 2 rings (SSSR count). The van der Waals surface area contributed by atoms with E-state index in [0.29, 0.717) is 21.6 Å². The molecule has 1 heterocycles. The van der Waals surface area contributed by atoms with Crippen LogP contribution in [-0.4, -0.2) is 32.8 Å². The van der Waals surface area contributed by atoms with Gasteiger partial charge < -0.3 is 15.9 Å². The van der Waals surface area contributed by atoms with Crippen LogP contribution in [0.2, 0.25) is 5.15 Å². The minimum absolute atomic E-state index is 0.0102. The molecule has 2 atom stereocenters. The Bertz CT molecular complexity index is 535. The molecule has 0 aliphatic heterocycles. The topological polar surface area (TPSA) is 92.3 Å². The Morgan fingerprint density at radius 1 is 1.29 bits per heavy atom. The molecule has 17 heavy (non-hydrogen) atoms.